The van der Waals surface area contributed by atoms with Gasteiger partial charge in [0.1, 0.15) is 6.10 Å². The highest BCUT2D eigenvalue weighted by Crippen LogP contribution is 2.41. The lowest BCUT2D eigenvalue weighted by Crippen LogP contribution is -2.47. The first kappa shape index (κ1) is 19.2. The molecular formula is C22H34N2O2. The van der Waals surface area contributed by atoms with Crippen molar-refractivity contribution in [2.24, 2.45) is 5.41 Å². The van der Waals surface area contributed by atoms with Crippen LogP contribution in [0.3, 0.4) is 0 Å². The zero-order chi connectivity index (χ0) is 18.7. The third-order valence-corrected chi connectivity index (χ3v) is 6.51. The Morgan fingerprint density at radius 1 is 1.12 bits per heavy atom. The molecule has 1 aromatic rings. The highest BCUT2D eigenvalue weighted by atomic mass is 16.6. The smallest absolute Gasteiger partial charge is 0.312 e. The highest BCUT2D eigenvalue weighted by Gasteiger charge is 2.46. The summed E-state index contributed by atoms with van der Waals surface area (Å²) in [5.41, 5.74) is 3.85. The van der Waals surface area contributed by atoms with Gasteiger partial charge in [0.05, 0.1) is 5.41 Å². The molecule has 0 radical (unpaired) electrons. The Balaban J connectivity index is 1.47. The SMILES string of the molecule is CCC1(CC)C[C@@H](CCN2CCN(c3ccc(C)cc3C)CC2)OC1=O. The van der Waals surface area contributed by atoms with Crippen LogP contribution in [0.15, 0.2) is 18.2 Å². The number of benzene rings is 1. The minimum absolute atomic E-state index is 0.0344. The van der Waals surface area contributed by atoms with Gasteiger partial charge in [0.15, 0.2) is 0 Å². The van der Waals surface area contributed by atoms with Crippen LogP contribution in [0.1, 0.15) is 50.7 Å². The average molecular weight is 359 g/mol. The van der Waals surface area contributed by atoms with Gasteiger partial charge in [-0.1, -0.05) is 31.5 Å². The summed E-state index contributed by atoms with van der Waals surface area (Å²) in [7, 11) is 0. The Bertz CT molecular complexity index is 631. The number of rotatable bonds is 6. The number of cyclic esters (lactones) is 1. The minimum atomic E-state index is -0.216. The Labute approximate surface area is 158 Å². The number of anilines is 1. The summed E-state index contributed by atoms with van der Waals surface area (Å²) in [6.07, 6.45) is 3.78. The number of ether oxygens (including phenoxy) is 1. The topological polar surface area (TPSA) is 32.8 Å². The fourth-order valence-corrected chi connectivity index (χ4v) is 4.52. The Morgan fingerprint density at radius 2 is 1.81 bits per heavy atom. The Hall–Kier alpha value is -1.55. The summed E-state index contributed by atoms with van der Waals surface area (Å²) in [4.78, 5) is 17.3. The highest BCUT2D eigenvalue weighted by molar-refractivity contribution is 5.78. The molecule has 0 N–H and O–H groups in total. The summed E-state index contributed by atoms with van der Waals surface area (Å²) in [6, 6.07) is 6.73. The average Bonchev–Trinajstić information content (AvgIpc) is 2.97. The van der Waals surface area contributed by atoms with Crippen LogP contribution in [0.2, 0.25) is 0 Å². The molecule has 144 valence electrons. The normalized spacial score (nSPS) is 23.3. The molecule has 0 saturated carbocycles. The van der Waals surface area contributed by atoms with Gasteiger partial charge in [0, 0.05) is 44.8 Å². The summed E-state index contributed by atoms with van der Waals surface area (Å²) in [6.45, 7) is 13.9. The number of hydrogen-bond donors (Lipinski definition) is 0. The number of esters is 1. The van der Waals surface area contributed by atoms with Gasteiger partial charge in [0.25, 0.3) is 0 Å². The number of nitrogens with zero attached hydrogens (tertiary/aromatic N) is 2. The number of aryl methyl sites for hydroxylation is 2. The molecule has 3 rings (SSSR count). The monoisotopic (exact) mass is 358 g/mol. The van der Waals surface area contributed by atoms with E-state index in [1.165, 1.54) is 16.8 Å². The molecule has 0 amide bonds. The van der Waals surface area contributed by atoms with Gasteiger partial charge in [-0.15, -0.1) is 0 Å². The first-order chi connectivity index (χ1) is 12.5. The summed E-state index contributed by atoms with van der Waals surface area (Å²) in [5, 5.41) is 0. The van der Waals surface area contributed by atoms with Crippen molar-refractivity contribution in [1.82, 2.24) is 4.90 Å². The predicted octanol–water partition coefficient (Wildman–Crippen LogP) is 3.94. The van der Waals surface area contributed by atoms with Crippen molar-refractivity contribution in [2.75, 3.05) is 37.6 Å². The van der Waals surface area contributed by atoms with E-state index in [0.29, 0.717) is 0 Å². The molecule has 0 aromatic heterocycles. The van der Waals surface area contributed by atoms with E-state index in [1.807, 2.05) is 0 Å². The summed E-state index contributed by atoms with van der Waals surface area (Å²) in [5.74, 6) is 0.0344. The van der Waals surface area contributed by atoms with Gasteiger partial charge in [-0.2, -0.15) is 0 Å². The molecule has 4 nitrogen and oxygen atoms in total. The molecule has 2 aliphatic heterocycles. The first-order valence-corrected chi connectivity index (χ1v) is 10.2. The van der Waals surface area contributed by atoms with Crippen LogP contribution in [0.25, 0.3) is 0 Å². The molecule has 2 heterocycles. The molecule has 0 spiro atoms. The molecule has 0 unspecified atom stereocenters. The number of carbonyl (C=O) groups is 1. The van der Waals surface area contributed by atoms with Gasteiger partial charge in [-0.05, 0) is 44.7 Å². The van der Waals surface area contributed by atoms with Crippen LogP contribution < -0.4 is 4.90 Å². The second-order valence-corrected chi connectivity index (χ2v) is 8.13. The lowest BCUT2D eigenvalue weighted by Gasteiger charge is -2.37. The van der Waals surface area contributed by atoms with Crippen molar-refractivity contribution < 1.29 is 9.53 Å². The van der Waals surface area contributed by atoms with Crippen molar-refractivity contribution in [3.8, 4) is 0 Å². The van der Waals surface area contributed by atoms with Crippen molar-refractivity contribution in [3.05, 3.63) is 29.3 Å². The van der Waals surface area contributed by atoms with Gasteiger partial charge in [-0.3, -0.25) is 9.69 Å². The molecule has 4 heteroatoms. The van der Waals surface area contributed by atoms with Crippen molar-refractivity contribution in [2.45, 2.75) is 59.5 Å². The van der Waals surface area contributed by atoms with Crippen LogP contribution in [-0.2, 0) is 9.53 Å². The lowest BCUT2D eigenvalue weighted by atomic mass is 9.79. The summed E-state index contributed by atoms with van der Waals surface area (Å²) < 4.78 is 5.69. The molecule has 2 fully saturated rings. The van der Waals surface area contributed by atoms with E-state index < -0.39 is 0 Å². The fourth-order valence-electron chi connectivity index (χ4n) is 4.52. The van der Waals surface area contributed by atoms with Crippen LogP contribution in [0, 0.1) is 19.3 Å². The second-order valence-electron chi connectivity index (χ2n) is 8.13. The van der Waals surface area contributed by atoms with Gasteiger partial charge in [0.2, 0.25) is 0 Å². The Morgan fingerprint density at radius 3 is 2.38 bits per heavy atom. The predicted molar refractivity (Wildman–Crippen MR) is 107 cm³/mol. The van der Waals surface area contributed by atoms with E-state index in [-0.39, 0.29) is 17.5 Å². The molecule has 2 aliphatic rings. The Kier molecular flexibility index (Phi) is 5.91. The first-order valence-electron chi connectivity index (χ1n) is 10.2. The van der Waals surface area contributed by atoms with Crippen LogP contribution in [-0.4, -0.2) is 49.7 Å². The van der Waals surface area contributed by atoms with Crippen LogP contribution in [0.4, 0.5) is 5.69 Å². The maximum absolute atomic E-state index is 12.2. The van der Waals surface area contributed by atoms with E-state index in [4.69, 9.17) is 4.74 Å². The van der Waals surface area contributed by atoms with Gasteiger partial charge < -0.3 is 9.64 Å². The molecule has 2 saturated heterocycles. The molecule has 0 aliphatic carbocycles. The van der Waals surface area contributed by atoms with Crippen LogP contribution >= 0.6 is 0 Å². The van der Waals surface area contributed by atoms with E-state index >= 15 is 0 Å². The standard InChI is InChI=1S/C22H34N2O2/c1-5-22(6-2)16-19(26-21(22)25)9-10-23-11-13-24(14-12-23)20-8-7-17(3)15-18(20)4/h7-8,15,19H,5-6,9-14,16H2,1-4H3/t19-/m1/s1. The molecule has 1 aromatic carbocycles. The van der Waals surface area contributed by atoms with Gasteiger partial charge >= 0.3 is 5.97 Å². The molecule has 1 atom stereocenters. The quantitative estimate of drug-likeness (QED) is 0.721. The zero-order valence-corrected chi connectivity index (χ0v) is 16.9. The van der Waals surface area contributed by atoms with Crippen molar-refractivity contribution in [3.63, 3.8) is 0 Å². The lowest BCUT2D eigenvalue weighted by molar-refractivity contribution is -0.149. The van der Waals surface area contributed by atoms with Gasteiger partial charge in [-0.25, -0.2) is 0 Å². The van der Waals surface area contributed by atoms with Crippen LogP contribution in [0.5, 0.6) is 0 Å². The second kappa shape index (κ2) is 7.99. The van der Waals surface area contributed by atoms with E-state index in [2.05, 4.69) is 55.7 Å². The summed E-state index contributed by atoms with van der Waals surface area (Å²) >= 11 is 0. The molecular weight excluding hydrogens is 324 g/mol. The van der Waals surface area contributed by atoms with E-state index in [9.17, 15) is 4.79 Å². The zero-order valence-electron chi connectivity index (χ0n) is 16.9. The molecule has 26 heavy (non-hydrogen) atoms. The maximum atomic E-state index is 12.2. The maximum Gasteiger partial charge on any atom is 0.312 e. The van der Waals surface area contributed by atoms with E-state index in [0.717, 1.165) is 58.4 Å². The fraction of sp³-hybridized carbons (Fsp3) is 0.682. The number of hydrogen-bond acceptors (Lipinski definition) is 4. The van der Waals surface area contributed by atoms with Crippen molar-refractivity contribution in [1.29, 1.82) is 0 Å². The minimum Gasteiger partial charge on any atom is -0.462 e. The van der Waals surface area contributed by atoms with Crippen molar-refractivity contribution >= 4 is 11.7 Å². The number of piperazine rings is 1. The third-order valence-electron chi connectivity index (χ3n) is 6.51. The third kappa shape index (κ3) is 3.90. The largest absolute Gasteiger partial charge is 0.462 e. The number of carbonyl (C=O) groups excluding carboxylic acids is 1. The van der Waals surface area contributed by atoms with E-state index in [1.54, 1.807) is 0 Å². The molecule has 0 bridgehead atoms.